The van der Waals surface area contributed by atoms with Gasteiger partial charge in [0, 0.05) is 24.6 Å². The Kier molecular flexibility index (Phi) is 5.28. The summed E-state index contributed by atoms with van der Waals surface area (Å²) in [6, 6.07) is 7.97. The molecule has 0 unspecified atom stereocenters. The number of benzene rings is 1. The highest BCUT2D eigenvalue weighted by Gasteiger charge is 2.07. The van der Waals surface area contributed by atoms with Crippen LogP contribution in [0.2, 0.25) is 0 Å². The van der Waals surface area contributed by atoms with Crippen molar-refractivity contribution in [1.82, 2.24) is 9.97 Å². The zero-order valence-electron chi connectivity index (χ0n) is 12.5. The van der Waals surface area contributed by atoms with Gasteiger partial charge in [-0.25, -0.2) is 9.97 Å². The molecule has 0 amide bonds. The van der Waals surface area contributed by atoms with Crippen molar-refractivity contribution in [3.05, 3.63) is 53.6 Å². The number of hydrogen-bond acceptors (Lipinski definition) is 4. The molecule has 0 aliphatic carbocycles. The van der Waals surface area contributed by atoms with E-state index in [1.165, 1.54) is 23.2 Å². The van der Waals surface area contributed by atoms with E-state index in [0.717, 1.165) is 18.5 Å². The number of anilines is 1. The molecule has 1 N–H and O–H groups in total. The first-order valence-electron chi connectivity index (χ1n) is 7.22. The number of aryl methyl sites for hydroxylation is 1. The molecule has 0 bridgehead atoms. The maximum atomic E-state index is 8.67. The molecule has 2 aromatic rings. The third kappa shape index (κ3) is 4.28. The molecule has 21 heavy (non-hydrogen) atoms. The highest BCUT2D eigenvalue weighted by molar-refractivity contribution is 5.56. The van der Waals surface area contributed by atoms with E-state index >= 15 is 0 Å². The van der Waals surface area contributed by atoms with E-state index in [1.54, 1.807) is 6.33 Å². The van der Waals surface area contributed by atoms with Crippen LogP contribution in [-0.2, 0) is 6.42 Å². The second-order valence-corrected chi connectivity index (χ2v) is 5.34. The van der Waals surface area contributed by atoms with Crippen LogP contribution in [0.15, 0.2) is 36.9 Å². The van der Waals surface area contributed by atoms with Gasteiger partial charge in [-0.05, 0) is 48.1 Å². The molecule has 0 spiro atoms. The summed E-state index contributed by atoms with van der Waals surface area (Å²) in [5.74, 6) is 0.534. The maximum Gasteiger partial charge on any atom is 0.115 e. The lowest BCUT2D eigenvalue weighted by Crippen LogP contribution is -2.11. The molecule has 3 rings (SSSR count). The van der Waals surface area contributed by atoms with Crippen molar-refractivity contribution in [1.29, 1.82) is 5.26 Å². The van der Waals surface area contributed by atoms with Crippen LogP contribution < -0.4 is 5.32 Å². The van der Waals surface area contributed by atoms with Gasteiger partial charge >= 0.3 is 0 Å². The Bertz CT molecular complexity index is 614. The van der Waals surface area contributed by atoms with Crippen LogP contribution in [0.4, 0.5) is 5.69 Å². The van der Waals surface area contributed by atoms with Gasteiger partial charge in [0.25, 0.3) is 0 Å². The number of nitrogens with one attached hydrogen (secondary N) is 1. The zero-order valence-corrected chi connectivity index (χ0v) is 12.5. The third-order valence-corrected chi connectivity index (χ3v) is 3.42. The van der Waals surface area contributed by atoms with E-state index in [4.69, 9.17) is 5.26 Å². The van der Waals surface area contributed by atoms with Crippen molar-refractivity contribution in [2.45, 2.75) is 32.6 Å². The summed E-state index contributed by atoms with van der Waals surface area (Å²) >= 11 is 0. The Hall–Kier alpha value is -2.41. The number of hydrogen-bond donors (Lipinski definition) is 1. The summed E-state index contributed by atoms with van der Waals surface area (Å²) in [5, 5.41) is 12.0. The van der Waals surface area contributed by atoms with Crippen molar-refractivity contribution in [2.24, 2.45) is 0 Å². The fourth-order valence-corrected chi connectivity index (χ4v) is 2.15. The molecule has 0 saturated heterocycles. The fraction of sp³-hybridized carbons (Fsp3) is 0.353. The lowest BCUT2D eigenvalue weighted by molar-refractivity contribution is 0.830. The Morgan fingerprint density at radius 1 is 1.24 bits per heavy atom. The number of fused-ring (bicyclic) bond motifs is 1. The van der Waals surface area contributed by atoms with Gasteiger partial charge in [0.15, 0.2) is 0 Å². The summed E-state index contributed by atoms with van der Waals surface area (Å²) < 4.78 is 0. The summed E-state index contributed by atoms with van der Waals surface area (Å²) in [6.45, 7) is 5.30. The molecule has 108 valence electrons. The molecule has 0 saturated carbocycles. The summed E-state index contributed by atoms with van der Waals surface area (Å²) in [4.78, 5) is 7.79. The zero-order chi connectivity index (χ0) is 15.1. The first-order chi connectivity index (χ1) is 10.2. The van der Waals surface area contributed by atoms with Gasteiger partial charge in [-0.15, -0.1) is 0 Å². The summed E-state index contributed by atoms with van der Waals surface area (Å²) in [6.07, 6.45) is 7.50. The normalized spacial score (nSPS) is 12.5. The van der Waals surface area contributed by atoms with Crippen molar-refractivity contribution in [3.8, 4) is 6.07 Å². The molecule has 1 aromatic carbocycles. The van der Waals surface area contributed by atoms with Gasteiger partial charge in [0.05, 0.1) is 11.6 Å². The monoisotopic (exact) mass is 280 g/mol. The van der Waals surface area contributed by atoms with E-state index in [2.05, 4.69) is 35.2 Å². The smallest absolute Gasteiger partial charge is 0.115 e. The fourth-order valence-electron chi connectivity index (χ4n) is 2.15. The predicted molar refractivity (Wildman–Crippen MR) is 84.1 cm³/mol. The molecule has 0 radical (unpaired) electrons. The largest absolute Gasteiger partial charge is 0.385 e. The van der Waals surface area contributed by atoms with Crippen molar-refractivity contribution < 1.29 is 0 Å². The van der Waals surface area contributed by atoms with Crippen molar-refractivity contribution in [3.63, 3.8) is 0 Å². The average molecular weight is 280 g/mol. The number of nitrogens with zero attached hydrogens (tertiary/aromatic N) is 3. The minimum Gasteiger partial charge on any atom is -0.385 e. The second kappa shape index (κ2) is 7.39. The Morgan fingerprint density at radius 2 is 2.00 bits per heavy atom. The average Bonchev–Trinajstić information content (AvgIpc) is 2.55. The van der Waals surface area contributed by atoms with E-state index in [-0.39, 0.29) is 0 Å². The van der Waals surface area contributed by atoms with Gasteiger partial charge < -0.3 is 5.32 Å². The van der Waals surface area contributed by atoms with E-state index < -0.39 is 0 Å². The Balaban J connectivity index is 0.000000161. The lowest BCUT2D eigenvalue weighted by atomic mass is 10.0. The molecule has 4 nitrogen and oxygen atoms in total. The van der Waals surface area contributed by atoms with Crippen LogP contribution in [0.1, 0.15) is 42.9 Å². The first kappa shape index (κ1) is 15.0. The quantitative estimate of drug-likeness (QED) is 0.868. The molecule has 1 aromatic heterocycles. The highest BCUT2D eigenvalue weighted by Crippen LogP contribution is 2.22. The van der Waals surface area contributed by atoms with Crippen LogP contribution >= 0.6 is 0 Å². The second-order valence-electron chi connectivity index (χ2n) is 5.34. The summed E-state index contributed by atoms with van der Waals surface area (Å²) in [7, 11) is 0. The first-order valence-corrected chi connectivity index (χ1v) is 7.22. The van der Waals surface area contributed by atoms with Gasteiger partial charge in [-0.2, -0.15) is 5.26 Å². The minimum atomic E-state index is 0.534. The minimum absolute atomic E-state index is 0.534. The molecule has 4 heteroatoms. The Morgan fingerprint density at radius 3 is 2.62 bits per heavy atom. The molecular weight excluding hydrogens is 260 g/mol. The van der Waals surface area contributed by atoms with E-state index in [0.29, 0.717) is 5.92 Å². The molecule has 1 aliphatic rings. The lowest BCUT2D eigenvalue weighted by Gasteiger charge is -2.17. The molecule has 1 aliphatic heterocycles. The topological polar surface area (TPSA) is 61.6 Å². The maximum absolute atomic E-state index is 8.67. The number of nitriles is 1. The molecule has 2 heterocycles. The van der Waals surface area contributed by atoms with E-state index in [1.807, 2.05) is 30.6 Å². The predicted octanol–water partition coefficient (Wildman–Crippen LogP) is 3.52. The Labute approximate surface area is 125 Å². The van der Waals surface area contributed by atoms with Gasteiger partial charge in [0.2, 0.25) is 0 Å². The van der Waals surface area contributed by atoms with Crippen LogP contribution in [0, 0.1) is 11.3 Å². The van der Waals surface area contributed by atoms with Gasteiger partial charge in [-0.3, -0.25) is 0 Å². The number of aromatic nitrogens is 2. The van der Waals surface area contributed by atoms with Crippen LogP contribution in [0.5, 0.6) is 0 Å². The van der Waals surface area contributed by atoms with Crippen LogP contribution in [0.3, 0.4) is 0 Å². The standard InChI is InChI=1S/C10H10N2.C7H10N2/c11-7-8-3-4-10-9(6-8)2-1-5-12-10;1-6(2)7-3-8-5-9-4-7/h3-4,6,12H,1-2,5H2;3-6H,1-2H3. The van der Waals surface area contributed by atoms with Gasteiger partial charge in [0.1, 0.15) is 6.33 Å². The van der Waals surface area contributed by atoms with Crippen molar-refractivity contribution >= 4 is 5.69 Å². The van der Waals surface area contributed by atoms with Crippen LogP contribution in [-0.4, -0.2) is 16.5 Å². The van der Waals surface area contributed by atoms with Crippen LogP contribution in [0.25, 0.3) is 0 Å². The molecule has 0 fully saturated rings. The third-order valence-electron chi connectivity index (χ3n) is 3.42. The van der Waals surface area contributed by atoms with E-state index in [9.17, 15) is 0 Å². The molecule has 0 atom stereocenters. The van der Waals surface area contributed by atoms with Gasteiger partial charge in [-0.1, -0.05) is 13.8 Å². The number of rotatable bonds is 1. The highest BCUT2D eigenvalue weighted by atomic mass is 14.9. The summed E-state index contributed by atoms with van der Waals surface area (Å²) in [5.41, 5.74) is 4.43. The van der Waals surface area contributed by atoms with Crippen molar-refractivity contribution in [2.75, 3.05) is 11.9 Å². The molecular formula is C17H20N4. The SMILES string of the molecule is CC(C)c1cncnc1.N#Cc1ccc2c(c1)CCCN2.